The second-order valence-electron chi connectivity index (χ2n) is 2.62. The molecule has 0 aliphatic heterocycles. The first-order chi connectivity index (χ1) is 6.25. The molecule has 0 aliphatic rings. The van der Waals surface area contributed by atoms with Crippen LogP contribution in [0.4, 0.5) is 0 Å². The van der Waals surface area contributed by atoms with E-state index >= 15 is 0 Å². The number of hydrogen-bond donors (Lipinski definition) is 2. The summed E-state index contributed by atoms with van der Waals surface area (Å²) >= 11 is 5.99. The van der Waals surface area contributed by atoms with E-state index in [1.165, 1.54) is 6.92 Å². The molecule has 2 N–H and O–H groups in total. The van der Waals surface area contributed by atoms with Gasteiger partial charge in [-0.15, -0.1) is 0 Å². The van der Waals surface area contributed by atoms with Gasteiger partial charge in [-0.3, -0.25) is 4.55 Å². The predicted octanol–water partition coefficient (Wildman–Crippen LogP) is 2.09. The summed E-state index contributed by atoms with van der Waals surface area (Å²) in [5.41, 5.74) is 0.258. The molecule has 1 aromatic carbocycles. The zero-order chi connectivity index (χ0) is 11.1. The third-order valence-corrected chi connectivity index (χ3v) is 4.22. The van der Waals surface area contributed by atoms with Crippen LogP contribution >= 0.6 is 31.9 Å². The van der Waals surface area contributed by atoms with Crippen molar-refractivity contribution in [1.29, 1.82) is 0 Å². The SMILES string of the molecule is Cc1c(S(=O)(=O)O)cc(Br)c(O)c1Br.[Na]. The van der Waals surface area contributed by atoms with Crippen LogP contribution in [0.3, 0.4) is 0 Å². The Bertz CT molecular complexity index is 486. The maximum absolute atomic E-state index is 10.9. The number of hydrogen-bond acceptors (Lipinski definition) is 3. The van der Waals surface area contributed by atoms with Gasteiger partial charge in [0.15, 0.2) is 0 Å². The van der Waals surface area contributed by atoms with Crippen molar-refractivity contribution in [2.24, 2.45) is 0 Å². The summed E-state index contributed by atoms with van der Waals surface area (Å²) in [6.07, 6.45) is 0. The van der Waals surface area contributed by atoms with Crippen molar-refractivity contribution in [3.8, 4) is 5.75 Å². The predicted molar refractivity (Wildman–Crippen MR) is 63.8 cm³/mol. The number of halogens is 2. The molecule has 0 spiro atoms. The second kappa shape index (κ2) is 5.48. The number of phenolic OH excluding ortho intramolecular Hbond substituents is 1. The molecule has 0 saturated heterocycles. The molecule has 1 radical (unpaired) electrons. The monoisotopic (exact) mass is 367 g/mol. The van der Waals surface area contributed by atoms with Gasteiger partial charge in [0.25, 0.3) is 10.1 Å². The van der Waals surface area contributed by atoms with Gasteiger partial charge in [-0.1, -0.05) is 0 Å². The molecule has 0 atom stereocenters. The largest absolute Gasteiger partial charge is 0.506 e. The van der Waals surface area contributed by atoms with Crippen LogP contribution in [0.1, 0.15) is 5.56 Å². The maximum Gasteiger partial charge on any atom is 0.294 e. The van der Waals surface area contributed by atoms with Gasteiger partial charge in [-0.2, -0.15) is 8.42 Å². The number of benzene rings is 1. The van der Waals surface area contributed by atoms with Gasteiger partial charge >= 0.3 is 0 Å². The van der Waals surface area contributed by atoms with Crippen LogP contribution in [-0.2, 0) is 10.1 Å². The molecular formula is C7H6Br2NaO4S. The van der Waals surface area contributed by atoms with E-state index in [0.717, 1.165) is 6.07 Å². The van der Waals surface area contributed by atoms with E-state index in [9.17, 15) is 13.5 Å². The van der Waals surface area contributed by atoms with E-state index in [1.54, 1.807) is 0 Å². The van der Waals surface area contributed by atoms with Crippen LogP contribution in [0.5, 0.6) is 5.75 Å². The van der Waals surface area contributed by atoms with E-state index in [4.69, 9.17) is 4.55 Å². The molecule has 0 aromatic heterocycles. The molecule has 8 heteroatoms. The minimum Gasteiger partial charge on any atom is -0.506 e. The molecule has 4 nitrogen and oxygen atoms in total. The Balaban J connectivity index is 0.00000196. The van der Waals surface area contributed by atoms with E-state index < -0.39 is 10.1 Å². The van der Waals surface area contributed by atoms with Gasteiger partial charge in [0.2, 0.25) is 0 Å². The molecule has 0 bridgehead atoms. The molecule has 0 fully saturated rings. The van der Waals surface area contributed by atoms with Gasteiger partial charge in [0, 0.05) is 29.6 Å². The van der Waals surface area contributed by atoms with Gasteiger partial charge in [-0.05, 0) is 50.4 Å². The Morgan fingerprint density at radius 1 is 1.33 bits per heavy atom. The van der Waals surface area contributed by atoms with E-state index in [0.29, 0.717) is 0 Å². The summed E-state index contributed by atoms with van der Waals surface area (Å²) in [5, 5.41) is 9.41. The maximum atomic E-state index is 10.9. The van der Waals surface area contributed by atoms with Crippen LogP contribution in [-0.4, -0.2) is 47.6 Å². The molecule has 0 heterocycles. The minimum absolute atomic E-state index is 0. The van der Waals surface area contributed by atoms with E-state index in [-0.39, 0.29) is 54.7 Å². The number of rotatable bonds is 1. The average Bonchev–Trinajstić information content (AvgIpc) is 2.06. The first kappa shape index (κ1) is 15.9. The summed E-state index contributed by atoms with van der Waals surface area (Å²) in [5.74, 6) is -0.102. The Morgan fingerprint density at radius 3 is 2.20 bits per heavy atom. The van der Waals surface area contributed by atoms with Crippen molar-refractivity contribution in [3.63, 3.8) is 0 Å². The summed E-state index contributed by atoms with van der Waals surface area (Å²) in [4.78, 5) is -0.242. The zero-order valence-electron chi connectivity index (χ0n) is 7.95. The third kappa shape index (κ3) is 3.42. The molecule has 0 saturated carbocycles. The minimum atomic E-state index is -4.27. The van der Waals surface area contributed by atoms with Crippen molar-refractivity contribution >= 4 is 71.5 Å². The smallest absolute Gasteiger partial charge is 0.294 e. The Morgan fingerprint density at radius 2 is 1.80 bits per heavy atom. The van der Waals surface area contributed by atoms with Gasteiger partial charge in [0.05, 0.1) is 13.8 Å². The summed E-state index contributed by atoms with van der Waals surface area (Å²) in [6, 6.07) is 1.14. The third-order valence-electron chi connectivity index (χ3n) is 1.67. The Kier molecular flexibility index (Phi) is 5.81. The molecule has 0 amide bonds. The standard InChI is InChI=1S/C7H6Br2O4S.Na/c1-3-5(14(11,12)13)2-4(8)7(10)6(3)9;/h2,10H,1H3,(H,11,12,13);. The van der Waals surface area contributed by atoms with Crippen LogP contribution in [0, 0.1) is 6.92 Å². The number of aromatic hydroxyl groups is 1. The van der Waals surface area contributed by atoms with Gasteiger partial charge < -0.3 is 5.11 Å². The van der Waals surface area contributed by atoms with Crippen LogP contribution in [0.15, 0.2) is 19.9 Å². The zero-order valence-corrected chi connectivity index (χ0v) is 13.9. The second-order valence-corrected chi connectivity index (χ2v) is 5.66. The van der Waals surface area contributed by atoms with Crippen LogP contribution in [0.2, 0.25) is 0 Å². The quantitative estimate of drug-likeness (QED) is 0.588. The fourth-order valence-electron chi connectivity index (χ4n) is 0.950. The van der Waals surface area contributed by atoms with E-state index in [1.807, 2.05) is 0 Å². The molecule has 1 aromatic rings. The summed E-state index contributed by atoms with van der Waals surface area (Å²) < 4.78 is 31.1. The molecule has 79 valence electrons. The normalized spacial score (nSPS) is 10.9. The topological polar surface area (TPSA) is 74.6 Å². The van der Waals surface area contributed by atoms with Crippen molar-refractivity contribution in [1.82, 2.24) is 0 Å². The molecule has 1 rings (SSSR count). The van der Waals surface area contributed by atoms with Crippen molar-refractivity contribution in [3.05, 3.63) is 20.6 Å². The number of phenols is 1. The average molecular weight is 369 g/mol. The van der Waals surface area contributed by atoms with Crippen molar-refractivity contribution in [2.75, 3.05) is 0 Å². The van der Waals surface area contributed by atoms with Crippen molar-refractivity contribution in [2.45, 2.75) is 11.8 Å². The molecule has 15 heavy (non-hydrogen) atoms. The molecule has 0 aliphatic carbocycles. The van der Waals surface area contributed by atoms with Crippen LogP contribution < -0.4 is 0 Å². The summed E-state index contributed by atoms with van der Waals surface area (Å²) in [6.45, 7) is 1.47. The Labute approximate surface area is 126 Å². The van der Waals surface area contributed by atoms with Gasteiger partial charge in [0.1, 0.15) is 5.75 Å². The first-order valence-electron chi connectivity index (χ1n) is 3.40. The van der Waals surface area contributed by atoms with Crippen molar-refractivity contribution < 1.29 is 18.1 Å². The van der Waals surface area contributed by atoms with E-state index in [2.05, 4.69) is 31.9 Å². The fourth-order valence-corrected chi connectivity index (χ4v) is 3.11. The van der Waals surface area contributed by atoms with Gasteiger partial charge in [-0.25, -0.2) is 0 Å². The molecular weight excluding hydrogens is 363 g/mol. The summed E-state index contributed by atoms with van der Waals surface area (Å²) in [7, 11) is -4.27. The van der Waals surface area contributed by atoms with Crippen LogP contribution in [0.25, 0.3) is 0 Å². The Hall–Kier alpha value is 0.890. The molecule has 0 unspecified atom stereocenters. The fraction of sp³-hybridized carbons (Fsp3) is 0.143. The first-order valence-corrected chi connectivity index (χ1v) is 6.43.